The number of amides is 2. The summed E-state index contributed by atoms with van der Waals surface area (Å²) in [5.41, 5.74) is 5.45. The lowest BCUT2D eigenvalue weighted by Crippen LogP contribution is -2.37. The quantitative estimate of drug-likeness (QED) is 0.602. The van der Waals surface area contributed by atoms with Crippen LogP contribution < -0.4 is 10.3 Å². The lowest BCUT2D eigenvalue weighted by molar-refractivity contribution is 0.219. The first-order valence-electron chi connectivity index (χ1n) is 9.00. The van der Waals surface area contributed by atoms with E-state index in [4.69, 9.17) is 5.41 Å². The third-order valence-electron chi connectivity index (χ3n) is 4.87. The highest BCUT2D eigenvalue weighted by Crippen LogP contribution is 2.32. The fourth-order valence-corrected chi connectivity index (χ4v) is 4.13. The molecule has 2 N–H and O–H groups in total. The van der Waals surface area contributed by atoms with E-state index < -0.39 is 6.17 Å². The fraction of sp³-hybridized carbons (Fsp3) is 0.316. The molecule has 1 atom stereocenters. The first-order valence-corrected chi connectivity index (χ1v) is 9.81. The van der Waals surface area contributed by atoms with Gasteiger partial charge >= 0.3 is 6.03 Å². The van der Waals surface area contributed by atoms with Crippen molar-refractivity contribution in [2.45, 2.75) is 19.5 Å². The second kappa shape index (κ2) is 7.23. The Bertz CT molecular complexity index is 933. The highest BCUT2D eigenvalue weighted by atomic mass is 32.1. The highest BCUT2D eigenvalue weighted by molar-refractivity contribution is 7.15. The molecule has 2 fully saturated rings. The molecule has 1 aromatic rings. The van der Waals surface area contributed by atoms with Crippen LogP contribution in [0, 0.1) is 12.3 Å². The highest BCUT2D eigenvalue weighted by Gasteiger charge is 2.38. The summed E-state index contributed by atoms with van der Waals surface area (Å²) in [7, 11) is 0. The number of nitrogens with one attached hydrogen (secondary N) is 2. The number of allylic oxidation sites excluding steroid dienone is 4. The van der Waals surface area contributed by atoms with Gasteiger partial charge in [-0.05, 0) is 37.1 Å². The minimum atomic E-state index is -0.865. The average molecular weight is 400 g/mol. The topological polar surface area (TPSA) is 75.6 Å². The van der Waals surface area contributed by atoms with Crippen molar-refractivity contribution in [2.75, 3.05) is 24.5 Å². The average Bonchev–Trinajstić information content (AvgIpc) is 3.42. The number of thiazole rings is 1. The van der Waals surface area contributed by atoms with Gasteiger partial charge < -0.3 is 4.90 Å². The van der Waals surface area contributed by atoms with Crippen molar-refractivity contribution < 1.29 is 9.18 Å². The molecule has 0 aliphatic carbocycles. The molecule has 0 radical (unpaired) electrons. The number of urea groups is 1. The van der Waals surface area contributed by atoms with Crippen molar-refractivity contribution in [1.29, 1.82) is 5.41 Å². The first kappa shape index (κ1) is 18.4. The lowest BCUT2D eigenvalue weighted by atomic mass is 10.1. The number of carbonyl (C=O) groups is 1. The molecule has 0 spiro atoms. The second-order valence-corrected chi connectivity index (χ2v) is 8.01. The molecule has 4 rings (SSSR count). The predicted octanol–water partition coefficient (Wildman–Crippen LogP) is 3.11. The van der Waals surface area contributed by atoms with Gasteiger partial charge in [0.25, 0.3) is 0 Å². The van der Waals surface area contributed by atoms with Crippen LogP contribution in [0.5, 0.6) is 0 Å². The summed E-state index contributed by atoms with van der Waals surface area (Å²) in [4.78, 5) is 20.3. The summed E-state index contributed by atoms with van der Waals surface area (Å²) in [6.07, 6.45) is 8.28. The standard InChI is InChI=1S/C19H21FN6OS/c1-3-13(4-5-17(21)24-7-6-14(20)10-24)16-8-15-11-25(19(27)26(15)23-16)18-9-22-12(2)28-18/h3-5,8-9,14,21,23H,1,6-7,10-11H2,2H3/b5-4-,16-13+,21-17?/t14-/m1/s1. The molecule has 0 unspecified atom stereocenters. The van der Waals surface area contributed by atoms with Crippen molar-refractivity contribution in [2.24, 2.45) is 0 Å². The summed E-state index contributed by atoms with van der Waals surface area (Å²) in [5.74, 6) is 0.272. The zero-order valence-corrected chi connectivity index (χ0v) is 16.3. The molecular formula is C19H21FN6OS. The summed E-state index contributed by atoms with van der Waals surface area (Å²) in [5, 5.41) is 11.3. The molecule has 3 aliphatic heterocycles. The first-order chi connectivity index (χ1) is 13.5. The number of likely N-dealkylation sites (tertiary alicyclic amines) is 1. The molecule has 4 heterocycles. The number of aryl methyl sites for hydroxylation is 1. The van der Waals surface area contributed by atoms with Crippen LogP contribution in [0.15, 0.2) is 54.0 Å². The number of hydrogen-bond acceptors (Lipinski definition) is 5. The Hall–Kier alpha value is -2.94. The van der Waals surface area contributed by atoms with Gasteiger partial charge in [-0.1, -0.05) is 12.7 Å². The zero-order chi connectivity index (χ0) is 19.8. The maximum atomic E-state index is 13.3. The van der Waals surface area contributed by atoms with Crippen molar-refractivity contribution in [1.82, 2.24) is 20.3 Å². The Morgan fingerprint density at radius 3 is 2.93 bits per heavy atom. The summed E-state index contributed by atoms with van der Waals surface area (Å²) in [6.45, 7) is 7.02. The van der Waals surface area contributed by atoms with Crippen LogP contribution in [-0.2, 0) is 0 Å². The number of rotatable bonds is 4. The van der Waals surface area contributed by atoms with Crippen LogP contribution in [0.25, 0.3) is 0 Å². The van der Waals surface area contributed by atoms with Gasteiger partial charge in [0, 0.05) is 6.54 Å². The van der Waals surface area contributed by atoms with Crippen LogP contribution in [0.2, 0.25) is 0 Å². The summed E-state index contributed by atoms with van der Waals surface area (Å²) >= 11 is 1.48. The van der Waals surface area contributed by atoms with Gasteiger partial charge in [0.1, 0.15) is 17.0 Å². The minimum Gasteiger partial charge on any atom is -0.354 e. The number of carbonyl (C=O) groups excluding carboxylic acids is 1. The van der Waals surface area contributed by atoms with Crippen molar-refractivity contribution in [3.05, 3.63) is 59.1 Å². The zero-order valence-electron chi connectivity index (χ0n) is 15.5. The Morgan fingerprint density at radius 1 is 1.50 bits per heavy atom. The molecule has 0 saturated carbocycles. The van der Waals surface area contributed by atoms with Crippen LogP contribution in [0.3, 0.4) is 0 Å². The van der Waals surface area contributed by atoms with Crippen molar-refractivity contribution in [3.8, 4) is 0 Å². The summed E-state index contributed by atoms with van der Waals surface area (Å²) < 4.78 is 13.3. The predicted molar refractivity (Wildman–Crippen MR) is 108 cm³/mol. The van der Waals surface area contributed by atoms with Crippen LogP contribution in [-0.4, -0.2) is 52.6 Å². The van der Waals surface area contributed by atoms with Crippen molar-refractivity contribution >= 4 is 28.2 Å². The largest absolute Gasteiger partial charge is 0.354 e. The monoisotopic (exact) mass is 400 g/mol. The molecular weight excluding hydrogens is 379 g/mol. The van der Waals surface area contributed by atoms with Gasteiger partial charge in [-0.3, -0.25) is 15.7 Å². The van der Waals surface area contributed by atoms with E-state index >= 15 is 0 Å². The number of hydrazine groups is 1. The van der Waals surface area contributed by atoms with E-state index in [0.29, 0.717) is 19.5 Å². The molecule has 1 aromatic heterocycles. The Kier molecular flexibility index (Phi) is 4.76. The van der Waals surface area contributed by atoms with Crippen LogP contribution in [0.1, 0.15) is 11.4 Å². The molecule has 0 bridgehead atoms. The number of hydrogen-bond donors (Lipinski definition) is 2. The van der Waals surface area contributed by atoms with Gasteiger partial charge in [0.15, 0.2) is 0 Å². The molecule has 0 aromatic carbocycles. The number of aromatic nitrogens is 1. The Labute approximate surface area is 166 Å². The number of nitrogens with zero attached hydrogens (tertiary/aromatic N) is 4. The van der Waals surface area contributed by atoms with Gasteiger partial charge in [0.2, 0.25) is 0 Å². The normalized spacial score (nSPS) is 23.4. The number of anilines is 1. The van der Waals surface area contributed by atoms with Crippen LogP contribution in [0.4, 0.5) is 14.2 Å². The van der Waals surface area contributed by atoms with E-state index in [1.165, 1.54) is 16.3 Å². The van der Waals surface area contributed by atoms with E-state index in [-0.39, 0.29) is 18.4 Å². The fourth-order valence-electron chi connectivity index (χ4n) is 3.37. The molecule has 2 amide bonds. The van der Waals surface area contributed by atoms with E-state index in [0.717, 1.165) is 27.0 Å². The Morgan fingerprint density at radius 2 is 2.32 bits per heavy atom. The van der Waals surface area contributed by atoms with Gasteiger partial charge in [-0.2, -0.15) is 0 Å². The van der Waals surface area contributed by atoms with Gasteiger partial charge in [-0.15, -0.1) is 11.3 Å². The van der Waals surface area contributed by atoms with E-state index in [9.17, 15) is 9.18 Å². The minimum absolute atomic E-state index is 0.156. The second-order valence-electron chi connectivity index (χ2n) is 6.79. The lowest BCUT2D eigenvalue weighted by Gasteiger charge is -2.17. The SMILES string of the molecule is C=CC(/C=C\C(=N)N1CC[C@@H](F)C1)=C1/C=C2CN(c3cnc(C)s3)C(=O)N2N1. The molecule has 7 nitrogen and oxygen atoms in total. The van der Waals surface area contributed by atoms with Crippen molar-refractivity contribution in [3.63, 3.8) is 0 Å². The third kappa shape index (κ3) is 3.33. The van der Waals surface area contributed by atoms with Gasteiger partial charge in [-0.25, -0.2) is 19.2 Å². The number of amidine groups is 1. The number of fused-ring (bicyclic) bond motifs is 1. The third-order valence-corrected chi connectivity index (χ3v) is 5.81. The van der Waals surface area contributed by atoms with Gasteiger partial charge in [0.05, 0.1) is 35.7 Å². The summed E-state index contributed by atoms with van der Waals surface area (Å²) in [6, 6.07) is -0.156. The molecule has 2 saturated heterocycles. The molecule has 146 valence electrons. The maximum Gasteiger partial charge on any atom is 0.348 e. The maximum absolute atomic E-state index is 13.3. The number of alkyl halides is 1. The van der Waals surface area contributed by atoms with E-state index in [2.05, 4.69) is 17.0 Å². The van der Waals surface area contributed by atoms with Crippen LogP contribution >= 0.6 is 11.3 Å². The molecule has 3 aliphatic rings. The Balaban J connectivity index is 1.50. The number of halogens is 1. The smallest absolute Gasteiger partial charge is 0.348 e. The molecule has 9 heteroatoms. The van der Waals surface area contributed by atoms with E-state index in [1.807, 2.05) is 13.0 Å². The molecule has 28 heavy (non-hydrogen) atoms. The van der Waals surface area contributed by atoms with E-state index in [1.54, 1.807) is 34.2 Å².